The maximum Gasteiger partial charge on any atom is 0.233 e. The van der Waals surface area contributed by atoms with E-state index in [0.717, 1.165) is 24.2 Å². The van der Waals surface area contributed by atoms with Gasteiger partial charge in [0.15, 0.2) is 0 Å². The van der Waals surface area contributed by atoms with Gasteiger partial charge in [-0.05, 0) is 42.7 Å². The van der Waals surface area contributed by atoms with Gasteiger partial charge >= 0.3 is 0 Å². The number of hydrogen-bond donors (Lipinski definition) is 0. The van der Waals surface area contributed by atoms with Crippen LogP contribution >= 0.6 is 11.6 Å². The van der Waals surface area contributed by atoms with Crippen LogP contribution in [0.5, 0.6) is 5.75 Å². The Morgan fingerprint density at radius 3 is 2.39 bits per heavy atom. The van der Waals surface area contributed by atoms with Crippen LogP contribution < -0.4 is 4.74 Å². The second kappa shape index (κ2) is 6.63. The van der Waals surface area contributed by atoms with E-state index in [0.29, 0.717) is 18.2 Å². The number of likely N-dealkylation sites (N-methyl/N-ethyl adjacent to an activating group) is 1. The van der Waals surface area contributed by atoms with Crippen LogP contribution in [0.3, 0.4) is 0 Å². The first-order valence-corrected chi connectivity index (χ1v) is 8.19. The topological polar surface area (TPSA) is 29.5 Å². The second-order valence-electron chi connectivity index (χ2n) is 5.98. The van der Waals surface area contributed by atoms with Gasteiger partial charge in [0.2, 0.25) is 5.91 Å². The van der Waals surface area contributed by atoms with Crippen molar-refractivity contribution in [1.29, 1.82) is 0 Å². The van der Waals surface area contributed by atoms with Gasteiger partial charge in [0.05, 0.1) is 12.0 Å². The average Bonchev–Trinajstić information content (AvgIpc) is 3.37. The summed E-state index contributed by atoms with van der Waals surface area (Å²) in [7, 11) is 1.84. The van der Waals surface area contributed by atoms with Crippen molar-refractivity contribution in [2.24, 2.45) is 0 Å². The molecule has 0 heterocycles. The summed E-state index contributed by atoms with van der Waals surface area (Å²) in [6.07, 6.45) is 1.80. The number of para-hydroxylation sites is 1. The number of carbonyl (C=O) groups excluding carboxylic acids is 1. The lowest BCUT2D eigenvalue weighted by Gasteiger charge is -2.24. The summed E-state index contributed by atoms with van der Waals surface area (Å²) in [4.78, 5) is 14.6. The van der Waals surface area contributed by atoms with Crippen molar-refractivity contribution in [2.75, 3.05) is 20.2 Å². The van der Waals surface area contributed by atoms with Crippen molar-refractivity contribution in [3.8, 4) is 5.75 Å². The number of halogens is 1. The van der Waals surface area contributed by atoms with Crippen LogP contribution in [0, 0.1) is 0 Å². The maximum atomic E-state index is 12.8. The van der Waals surface area contributed by atoms with Gasteiger partial charge in [-0.1, -0.05) is 41.9 Å². The molecule has 0 bridgehead atoms. The SMILES string of the molecule is CN(CCOc1ccccc1)C(=O)C1(c2ccc(Cl)cc2)CC1. The summed E-state index contributed by atoms with van der Waals surface area (Å²) in [5, 5.41) is 0.696. The highest BCUT2D eigenvalue weighted by molar-refractivity contribution is 6.30. The van der Waals surface area contributed by atoms with E-state index in [-0.39, 0.29) is 11.3 Å². The normalized spacial score (nSPS) is 15.0. The van der Waals surface area contributed by atoms with Gasteiger partial charge in [-0.15, -0.1) is 0 Å². The van der Waals surface area contributed by atoms with E-state index < -0.39 is 0 Å². The van der Waals surface area contributed by atoms with Gasteiger partial charge in [0.1, 0.15) is 12.4 Å². The minimum absolute atomic E-state index is 0.163. The molecule has 1 fully saturated rings. The van der Waals surface area contributed by atoms with Gasteiger partial charge in [-0.3, -0.25) is 4.79 Å². The molecule has 1 aliphatic carbocycles. The van der Waals surface area contributed by atoms with E-state index in [1.807, 2.05) is 61.6 Å². The molecule has 3 nitrogen and oxygen atoms in total. The van der Waals surface area contributed by atoms with E-state index in [2.05, 4.69) is 0 Å². The van der Waals surface area contributed by atoms with Crippen LogP contribution in [0.2, 0.25) is 5.02 Å². The average molecular weight is 330 g/mol. The highest BCUT2D eigenvalue weighted by atomic mass is 35.5. The molecule has 0 unspecified atom stereocenters. The highest BCUT2D eigenvalue weighted by Crippen LogP contribution is 2.49. The smallest absolute Gasteiger partial charge is 0.233 e. The van der Waals surface area contributed by atoms with Gasteiger partial charge < -0.3 is 9.64 Å². The fourth-order valence-corrected chi connectivity index (χ4v) is 2.93. The van der Waals surface area contributed by atoms with Crippen molar-refractivity contribution in [2.45, 2.75) is 18.3 Å². The van der Waals surface area contributed by atoms with E-state index in [1.54, 1.807) is 4.90 Å². The lowest BCUT2D eigenvalue weighted by Crippen LogP contribution is -2.38. The highest BCUT2D eigenvalue weighted by Gasteiger charge is 2.52. The zero-order chi connectivity index (χ0) is 16.3. The van der Waals surface area contributed by atoms with E-state index >= 15 is 0 Å². The zero-order valence-corrected chi connectivity index (χ0v) is 13.9. The summed E-state index contributed by atoms with van der Waals surface area (Å²) in [5.74, 6) is 0.990. The Balaban J connectivity index is 1.58. The van der Waals surface area contributed by atoms with Crippen LogP contribution in [0.15, 0.2) is 54.6 Å². The Morgan fingerprint density at radius 1 is 1.13 bits per heavy atom. The Bertz CT molecular complexity index is 666. The lowest BCUT2D eigenvalue weighted by atomic mass is 9.94. The van der Waals surface area contributed by atoms with Crippen molar-refractivity contribution >= 4 is 17.5 Å². The van der Waals surface area contributed by atoms with Gasteiger partial charge in [0, 0.05) is 12.1 Å². The molecule has 2 aromatic rings. The maximum absolute atomic E-state index is 12.8. The molecule has 23 heavy (non-hydrogen) atoms. The number of carbonyl (C=O) groups is 1. The predicted molar refractivity (Wildman–Crippen MR) is 91.9 cm³/mol. The molecule has 0 radical (unpaired) electrons. The van der Waals surface area contributed by atoms with Crippen LogP contribution in [0.4, 0.5) is 0 Å². The monoisotopic (exact) mass is 329 g/mol. The second-order valence-corrected chi connectivity index (χ2v) is 6.41. The van der Waals surface area contributed by atoms with Crippen molar-refractivity contribution in [3.05, 3.63) is 65.2 Å². The molecule has 2 aromatic carbocycles. The summed E-state index contributed by atoms with van der Waals surface area (Å²) < 4.78 is 5.67. The lowest BCUT2D eigenvalue weighted by molar-refractivity contribution is -0.133. The first-order chi connectivity index (χ1) is 11.1. The summed E-state index contributed by atoms with van der Waals surface area (Å²) in [6, 6.07) is 17.3. The van der Waals surface area contributed by atoms with Crippen molar-refractivity contribution < 1.29 is 9.53 Å². The third kappa shape index (κ3) is 3.50. The van der Waals surface area contributed by atoms with Crippen LogP contribution in [0.25, 0.3) is 0 Å². The fourth-order valence-electron chi connectivity index (χ4n) is 2.80. The van der Waals surface area contributed by atoms with Crippen LogP contribution in [-0.4, -0.2) is 31.0 Å². The molecule has 120 valence electrons. The zero-order valence-electron chi connectivity index (χ0n) is 13.2. The molecule has 1 amide bonds. The van der Waals surface area contributed by atoms with E-state index in [4.69, 9.17) is 16.3 Å². The van der Waals surface area contributed by atoms with Crippen molar-refractivity contribution in [1.82, 2.24) is 4.90 Å². The number of nitrogens with zero attached hydrogens (tertiary/aromatic N) is 1. The minimum atomic E-state index is -0.355. The molecular weight excluding hydrogens is 310 g/mol. The van der Waals surface area contributed by atoms with Crippen molar-refractivity contribution in [3.63, 3.8) is 0 Å². The molecule has 0 aromatic heterocycles. The third-order valence-corrected chi connectivity index (χ3v) is 4.59. The van der Waals surface area contributed by atoms with Gasteiger partial charge in [-0.25, -0.2) is 0 Å². The molecule has 0 saturated heterocycles. The number of hydrogen-bond acceptors (Lipinski definition) is 2. The molecule has 0 aliphatic heterocycles. The van der Waals surface area contributed by atoms with E-state index in [1.165, 1.54) is 0 Å². The quantitative estimate of drug-likeness (QED) is 0.804. The standard InChI is InChI=1S/C19H20ClNO2/c1-21(13-14-23-17-5-3-2-4-6-17)18(22)19(11-12-19)15-7-9-16(20)10-8-15/h2-10H,11-14H2,1H3. The molecule has 1 saturated carbocycles. The molecular formula is C19H20ClNO2. The fraction of sp³-hybridized carbons (Fsp3) is 0.316. The number of amides is 1. The molecule has 0 N–H and O–H groups in total. The molecule has 4 heteroatoms. The number of ether oxygens (including phenoxy) is 1. The predicted octanol–water partition coefficient (Wildman–Crippen LogP) is 3.91. The first-order valence-electron chi connectivity index (χ1n) is 7.81. The molecule has 0 atom stereocenters. The van der Waals surface area contributed by atoms with Gasteiger partial charge in [-0.2, -0.15) is 0 Å². The molecule has 1 aliphatic rings. The van der Waals surface area contributed by atoms with Crippen LogP contribution in [-0.2, 0) is 10.2 Å². The summed E-state index contributed by atoms with van der Waals surface area (Å²) in [5.41, 5.74) is 0.703. The largest absolute Gasteiger partial charge is 0.492 e. The number of benzene rings is 2. The van der Waals surface area contributed by atoms with Crippen LogP contribution in [0.1, 0.15) is 18.4 Å². The molecule has 0 spiro atoms. The van der Waals surface area contributed by atoms with Gasteiger partial charge in [0.25, 0.3) is 0 Å². The number of rotatable bonds is 6. The molecule has 3 rings (SSSR count). The Labute approximate surface area is 141 Å². The summed E-state index contributed by atoms with van der Waals surface area (Å²) in [6.45, 7) is 1.06. The summed E-state index contributed by atoms with van der Waals surface area (Å²) >= 11 is 5.94. The minimum Gasteiger partial charge on any atom is -0.492 e. The first kappa shape index (κ1) is 15.9. The Morgan fingerprint density at radius 2 is 1.78 bits per heavy atom. The third-order valence-electron chi connectivity index (χ3n) is 4.34. The van der Waals surface area contributed by atoms with E-state index in [9.17, 15) is 4.79 Å². The Kier molecular flexibility index (Phi) is 4.58. The Hall–Kier alpha value is -2.00.